The number of unbranched alkanes of at least 4 members (excludes halogenated alkanes) is 3. The van der Waals surface area contributed by atoms with E-state index in [-0.39, 0.29) is 29.6 Å². The maximum absolute atomic E-state index is 10.6. The number of hydrogen-bond donors (Lipinski definition) is 3. The Hall–Kier alpha value is -1.10. The van der Waals surface area contributed by atoms with E-state index in [2.05, 4.69) is 0 Å². The van der Waals surface area contributed by atoms with Gasteiger partial charge in [0.1, 0.15) is 0 Å². The zero-order valence-electron chi connectivity index (χ0n) is 16.4. The Balaban J connectivity index is 1.95. The maximum atomic E-state index is 10.6. The van der Waals surface area contributed by atoms with E-state index >= 15 is 0 Å². The fourth-order valence-electron chi connectivity index (χ4n) is 4.20. The number of alkyl halides is 1. The Kier molecular flexibility index (Phi) is 8.59. The summed E-state index contributed by atoms with van der Waals surface area (Å²) in [5.74, 6) is -0.325. The molecule has 1 aromatic rings. The summed E-state index contributed by atoms with van der Waals surface area (Å²) < 4.78 is 0. The van der Waals surface area contributed by atoms with Gasteiger partial charge in [-0.25, -0.2) is 0 Å². The van der Waals surface area contributed by atoms with E-state index in [4.69, 9.17) is 16.7 Å². The second-order valence-electron chi connectivity index (χ2n) is 8.21. The van der Waals surface area contributed by atoms with E-state index in [1.54, 1.807) is 0 Å². The lowest BCUT2D eigenvalue weighted by atomic mass is 9.83. The molecule has 2 rings (SSSR count). The van der Waals surface area contributed by atoms with Crippen LogP contribution in [0.4, 0.5) is 0 Å². The van der Waals surface area contributed by atoms with Gasteiger partial charge in [0.05, 0.1) is 12.2 Å². The molecule has 27 heavy (non-hydrogen) atoms. The van der Waals surface area contributed by atoms with E-state index < -0.39 is 18.2 Å². The number of rotatable bonds is 10. The van der Waals surface area contributed by atoms with Crippen LogP contribution < -0.4 is 0 Å². The van der Waals surface area contributed by atoms with Crippen molar-refractivity contribution in [2.24, 2.45) is 11.8 Å². The molecule has 0 aromatic heterocycles. The second-order valence-corrected chi connectivity index (χ2v) is 8.77. The molecule has 1 aliphatic carbocycles. The van der Waals surface area contributed by atoms with Gasteiger partial charge in [0.2, 0.25) is 0 Å². The number of carbonyl (C=O) groups is 1. The van der Waals surface area contributed by atoms with Crippen molar-refractivity contribution in [2.75, 3.05) is 0 Å². The third kappa shape index (κ3) is 6.20. The highest BCUT2D eigenvalue weighted by molar-refractivity contribution is 6.21. The number of hydrogen-bond acceptors (Lipinski definition) is 3. The minimum absolute atomic E-state index is 0.0248. The van der Waals surface area contributed by atoms with E-state index in [1.807, 2.05) is 38.1 Å². The molecule has 1 saturated carbocycles. The zero-order chi connectivity index (χ0) is 20.0. The van der Waals surface area contributed by atoms with Crippen LogP contribution in [-0.4, -0.2) is 32.8 Å². The van der Waals surface area contributed by atoms with Crippen molar-refractivity contribution >= 4 is 17.6 Å². The minimum atomic E-state index is -0.735. The fourth-order valence-corrected chi connectivity index (χ4v) is 4.67. The van der Waals surface area contributed by atoms with Crippen LogP contribution >= 0.6 is 11.6 Å². The fraction of sp³-hybridized carbons (Fsp3) is 0.682. The van der Waals surface area contributed by atoms with E-state index in [9.17, 15) is 15.0 Å². The van der Waals surface area contributed by atoms with Gasteiger partial charge in [0.15, 0.2) is 0 Å². The zero-order valence-corrected chi connectivity index (χ0v) is 17.1. The van der Waals surface area contributed by atoms with Gasteiger partial charge in [0.25, 0.3) is 0 Å². The number of carboxylic acid groups (broad SMARTS) is 1. The van der Waals surface area contributed by atoms with Crippen molar-refractivity contribution < 1.29 is 20.1 Å². The molecule has 5 heteroatoms. The number of carboxylic acids is 1. The molecule has 0 amide bonds. The standard InChI is InChI=1S/C22H33ClO4/c1-14(2)22(27)16-11-9-15(10-12-16)21-17(18(23)13-19(21)24)7-5-3-4-6-8-20(25)26/h9-12,14,17-19,21-22,24,27H,3-8,13H2,1-2H3,(H,25,26)/t17-,18-,19+,21+,22?/m0/s1. The number of benzene rings is 1. The van der Waals surface area contributed by atoms with Gasteiger partial charge in [-0.1, -0.05) is 57.4 Å². The summed E-state index contributed by atoms with van der Waals surface area (Å²) >= 11 is 6.54. The van der Waals surface area contributed by atoms with Crippen LogP contribution in [0.15, 0.2) is 24.3 Å². The summed E-state index contributed by atoms with van der Waals surface area (Å²) in [5.41, 5.74) is 1.99. The summed E-state index contributed by atoms with van der Waals surface area (Å²) in [4.78, 5) is 10.6. The van der Waals surface area contributed by atoms with E-state index in [0.29, 0.717) is 6.42 Å². The average molecular weight is 397 g/mol. The van der Waals surface area contributed by atoms with Crippen LogP contribution in [0.1, 0.15) is 81.9 Å². The number of aliphatic carboxylic acids is 1. The molecule has 3 N–H and O–H groups in total. The van der Waals surface area contributed by atoms with Crippen molar-refractivity contribution in [3.8, 4) is 0 Å². The number of aliphatic hydroxyl groups excluding tert-OH is 2. The van der Waals surface area contributed by atoms with Crippen LogP contribution in [0.3, 0.4) is 0 Å². The van der Waals surface area contributed by atoms with Crippen LogP contribution in [0.2, 0.25) is 0 Å². The minimum Gasteiger partial charge on any atom is -0.481 e. The molecule has 1 unspecified atom stereocenters. The lowest BCUT2D eigenvalue weighted by Gasteiger charge is -2.25. The van der Waals surface area contributed by atoms with Gasteiger partial charge in [-0.2, -0.15) is 0 Å². The van der Waals surface area contributed by atoms with Gasteiger partial charge >= 0.3 is 5.97 Å². The highest BCUT2D eigenvalue weighted by atomic mass is 35.5. The van der Waals surface area contributed by atoms with Crippen molar-refractivity contribution in [3.05, 3.63) is 35.4 Å². The highest BCUT2D eigenvalue weighted by Crippen LogP contribution is 2.45. The highest BCUT2D eigenvalue weighted by Gasteiger charge is 2.41. The summed E-state index contributed by atoms with van der Waals surface area (Å²) in [7, 11) is 0. The molecular weight excluding hydrogens is 364 g/mol. The van der Waals surface area contributed by atoms with Crippen molar-refractivity contribution in [3.63, 3.8) is 0 Å². The molecule has 0 aliphatic heterocycles. The molecule has 1 aromatic carbocycles. The average Bonchev–Trinajstić information content (AvgIpc) is 2.90. The summed E-state index contributed by atoms with van der Waals surface area (Å²) in [5, 5.41) is 29.4. The Morgan fingerprint density at radius 2 is 1.78 bits per heavy atom. The molecule has 1 fully saturated rings. The molecule has 0 saturated heterocycles. The Bertz CT molecular complexity index is 586. The Morgan fingerprint density at radius 3 is 2.37 bits per heavy atom. The molecule has 152 valence electrons. The van der Waals surface area contributed by atoms with Gasteiger partial charge < -0.3 is 15.3 Å². The predicted octanol–water partition coefficient (Wildman–Crippen LogP) is 4.87. The first kappa shape index (κ1) is 22.2. The topological polar surface area (TPSA) is 77.8 Å². The molecule has 4 nitrogen and oxygen atoms in total. The first-order valence-corrected chi connectivity index (χ1v) is 10.6. The Labute approximate surface area is 167 Å². The molecule has 0 spiro atoms. The van der Waals surface area contributed by atoms with Crippen molar-refractivity contribution in [1.82, 2.24) is 0 Å². The third-order valence-corrected chi connectivity index (χ3v) is 6.28. The van der Waals surface area contributed by atoms with Gasteiger partial charge in [-0.15, -0.1) is 11.6 Å². The first-order valence-electron chi connectivity index (χ1n) is 10.1. The maximum Gasteiger partial charge on any atom is 0.303 e. The monoisotopic (exact) mass is 396 g/mol. The molecule has 0 heterocycles. The molecule has 0 radical (unpaired) electrons. The van der Waals surface area contributed by atoms with Crippen LogP contribution in [0, 0.1) is 11.8 Å². The van der Waals surface area contributed by atoms with Crippen LogP contribution in [-0.2, 0) is 4.79 Å². The SMILES string of the molecule is CC(C)C(O)c1ccc([C@@H]2[C@@H](CCCCCCC(=O)O)[C@@H](Cl)C[C@H]2O)cc1. The second kappa shape index (κ2) is 10.4. The third-order valence-electron chi connectivity index (χ3n) is 5.78. The number of aliphatic hydroxyl groups is 2. The van der Waals surface area contributed by atoms with Gasteiger partial charge in [-0.3, -0.25) is 4.79 Å². The summed E-state index contributed by atoms with van der Waals surface area (Å²) in [6, 6.07) is 7.95. The van der Waals surface area contributed by atoms with E-state index in [0.717, 1.165) is 43.2 Å². The molecular formula is C22H33ClO4. The largest absolute Gasteiger partial charge is 0.481 e. The van der Waals surface area contributed by atoms with E-state index in [1.165, 1.54) is 0 Å². The molecule has 1 aliphatic rings. The van der Waals surface area contributed by atoms with Crippen molar-refractivity contribution in [2.45, 2.75) is 82.3 Å². The first-order chi connectivity index (χ1) is 12.8. The summed E-state index contributed by atoms with van der Waals surface area (Å²) in [6.07, 6.45) is 4.50. The summed E-state index contributed by atoms with van der Waals surface area (Å²) in [6.45, 7) is 3.98. The Morgan fingerprint density at radius 1 is 1.15 bits per heavy atom. The van der Waals surface area contributed by atoms with Crippen molar-refractivity contribution in [1.29, 1.82) is 0 Å². The van der Waals surface area contributed by atoms with Gasteiger partial charge in [-0.05, 0) is 42.2 Å². The predicted molar refractivity (Wildman–Crippen MR) is 108 cm³/mol. The smallest absolute Gasteiger partial charge is 0.303 e. The van der Waals surface area contributed by atoms with Gasteiger partial charge in [0, 0.05) is 17.7 Å². The van der Waals surface area contributed by atoms with Crippen LogP contribution in [0.25, 0.3) is 0 Å². The molecule has 5 atom stereocenters. The van der Waals surface area contributed by atoms with Crippen LogP contribution in [0.5, 0.6) is 0 Å². The quantitative estimate of drug-likeness (QED) is 0.389. The molecule has 0 bridgehead atoms. The lowest BCUT2D eigenvalue weighted by molar-refractivity contribution is -0.137. The normalized spacial score (nSPS) is 26.4. The number of halogens is 1. The lowest BCUT2D eigenvalue weighted by Crippen LogP contribution is -2.19.